The molecule has 1 heterocycles. The molecular formula is C14H15N3O3. The minimum atomic E-state index is -1.07. The van der Waals surface area contributed by atoms with Gasteiger partial charge in [-0.15, -0.1) is 0 Å². The van der Waals surface area contributed by atoms with Gasteiger partial charge in [-0.25, -0.2) is 4.98 Å². The molecule has 0 bridgehead atoms. The summed E-state index contributed by atoms with van der Waals surface area (Å²) in [6.45, 7) is 1.52. The van der Waals surface area contributed by atoms with Crippen LogP contribution in [0.25, 0.3) is 0 Å². The fourth-order valence-corrected chi connectivity index (χ4v) is 1.80. The first-order valence-corrected chi connectivity index (χ1v) is 6.05. The van der Waals surface area contributed by atoms with Crippen LogP contribution < -0.4 is 4.90 Å². The molecule has 1 amide bonds. The lowest BCUT2D eigenvalue weighted by Gasteiger charge is -2.20. The highest BCUT2D eigenvalue weighted by atomic mass is 16.4. The fourth-order valence-electron chi connectivity index (χ4n) is 1.80. The van der Waals surface area contributed by atoms with Gasteiger partial charge in [-0.05, 0) is 19.1 Å². The standard InChI is InChI=1S/C14H15N3O3/c1-10-3-5-11(6-4-10)17(8-13(18)19)14(20)12-7-16(2)9-15-12/h3-7,9H,8H2,1-2H3,(H,18,19). The quantitative estimate of drug-likeness (QED) is 0.915. The van der Waals surface area contributed by atoms with Crippen LogP contribution in [0.4, 0.5) is 5.69 Å². The van der Waals surface area contributed by atoms with Crippen LogP contribution in [-0.4, -0.2) is 33.1 Å². The predicted molar refractivity (Wildman–Crippen MR) is 73.7 cm³/mol. The van der Waals surface area contributed by atoms with Gasteiger partial charge in [-0.1, -0.05) is 17.7 Å². The number of aromatic nitrogens is 2. The molecule has 0 fully saturated rings. The van der Waals surface area contributed by atoms with Crippen LogP contribution in [0.3, 0.4) is 0 Å². The first-order valence-electron chi connectivity index (χ1n) is 6.05. The van der Waals surface area contributed by atoms with Crippen molar-refractivity contribution in [2.24, 2.45) is 7.05 Å². The van der Waals surface area contributed by atoms with E-state index in [-0.39, 0.29) is 5.69 Å². The van der Waals surface area contributed by atoms with Crippen molar-refractivity contribution >= 4 is 17.6 Å². The number of anilines is 1. The van der Waals surface area contributed by atoms with Gasteiger partial charge in [0, 0.05) is 18.9 Å². The number of benzene rings is 1. The number of amides is 1. The third-order valence-electron chi connectivity index (χ3n) is 2.81. The zero-order valence-electron chi connectivity index (χ0n) is 11.3. The number of rotatable bonds is 4. The smallest absolute Gasteiger partial charge is 0.323 e. The zero-order valence-corrected chi connectivity index (χ0v) is 11.3. The Morgan fingerprint density at radius 2 is 1.95 bits per heavy atom. The van der Waals surface area contributed by atoms with E-state index in [4.69, 9.17) is 5.11 Å². The number of carbonyl (C=O) groups excluding carboxylic acids is 1. The Hall–Kier alpha value is -2.63. The summed E-state index contributed by atoms with van der Waals surface area (Å²) in [7, 11) is 1.75. The topological polar surface area (TPSA) is 75.4 Å². The number of carboxylic acid groups (broad SMARTS) is 1. The minimum Gasteiger partial charge on any atom is -0.480 e. The second-order valence-electron chi connectivity index (χ2n) is 4.54. The van der Waals surface area contributed by atoms with Crippen molar-refractivity contribution in [3.05, 3.63) is 48.0 Å². The number of hydrogen-bond acceptors (Lipinski definition) is 3. The molecule has 1 N–H and O–H groups in total. The van der Waals surface area contributed by atoms with E-state index in [0.29, 0.717) is 5.69 Å². The van der Waals surface area contributed by atoms with Crippen LogP contribution in [-0.2, 0) is 11.8 Å². The molecule has 0 atom stereocenters. The molecule has 1 aromatic heterocycles. The first kappa shape index (κ1) is 13.8. The summed E-state index contributed by atoms with van der Waals surface area (Å²) in [5.74, 6) is -1.51. The van der Waals surface area contributed by atoms with E-state index in [2.05, 4.69) is 4.98 Å². The molecule has 104 valence electrons. The third-order valence-corrected chi connectivity index (χ3v) is 2.81. The predicted octanol–water partition coefficient (Wildman–Crippen LogP) is 1.46. The Kier molecular flexibility index (Phi) is 3.84. The number of hydrogen-bond donors (Lipinski definition) is 1. The molecular weight excluding hydrogens is 258 g/mol. The molecule has 0 spiro atoms. The van der Waals surface area contributed by atoms with E-state index in [1.54, 1.807) is 29.9 Å². The van der Waals surface area contributed by atoms with Crippen molar-refractivity contribution in [3.63, 3.8) is 0 Å². The molecule has 0 aliphatic carbocycles. The highest BCUT2D eigenvalue weighted by molar-refractivity contribution is 6.06. The van der Waals surface area contributed by atoms with Gasteiger partial charge in [-0.3, -0.25) is 14.5 Å². The number of aryl methyl sites for hydroxylation is 2. The van der Waals surface area contributed by atoms with Crippen LogP contribution >= 0.6 is 0 Å². The summed E-state index contributed by atoms with van der Waals surface area (Å²) < 4.78 is 1.64. The maximum absolute atomic E-state index is 12.4. The third kappa shape index (κ3) is 3.03. The molecule has 0 saturated carbocycles. The van der Waals surface area contributed by atoms with Gasteiger partial charge < -0.3 is 9.67 Å². The molecule has 6 nitrogen and oxygen atoms in total. The lowest BCUT2D eigenvalue weighted by Crippen LogP contribution is -2.36. The lowest BCUT2D eigenvalue weighted by atomic mass is 10.2. The molecule has 0 radical (unpaired) electrons. The van der Waals surface area contributed by atoms with Crippen molar-refractivity contribution in [2.45, 2.75) is 6.92 Å². The Morgan fingerprint density at radius 1 is 1.30 bits per heavy atom. The largest absolute Gasteiger partial charge is 0.480 e. The van der Waals surface area contributed by atoms with E-state index >= 15 is 0 Å². The second-order valence-corrected chi connectivity index (χ2v) is 4.54. The molecule has 1 aromatic carbocycles. The van der Waals surface area contributed by atoms with Gasteiger partial charge in [0.25, 0.3) is 5.91 Å². The van der Waals surface area contributed by atoms with Gasteiger partial charge >= 0.3 is 5.97 Å². The summed E-state index contributed by atoms with van der Waals surface area (Å²) in [5.41, 5.74) is 1.79. The van der Waals surface area contributed by atoms with E-state index in [0.717, 1.165) is 5.56 Å². The summed E-state index contributed by atoms with van der Waals surface area (Å²) in [6, 6.07) is 7.10. The van der Waals surface area contributed by atoms with Crippen LogP contribution in [0, 0.1) is 6.92 Å². The monoisotopic (exact) mass is 273 g/mol. The SMILES string of the molecule is Cc1ccc(N(CC(=O)O)C(=O)c2cn(C)cn2)cc1. The highest BCUT2D eigenvalue weighted by Gasteiger charge is 2.22. The van der Waals surface area contributed by atoms with Gasteiger partial charge in [0.1, 0.15) is 12.2 Å². The van der Waals surface area contributed by atoms with Crippen LogP contribution in [0.2, 0.25) is 0 Å². The Morgan fingerprint density at radius 3 is 2.45 bits per heavy atom. The van der Waals surface area contributed by atoms with Gasteiger partial charge in [-0.2, -0.15) is 0 Å². The number of carboxylic acids is 1. The van der Waals surface area contributed by atoms with E-state index in [9.17, 15) is 9.59 Å². The van der Waals surface area contributed by atoms with Crippen molar-refractivity contribution in [1.29, 1.82) is 0 Å². The Bertz CT molecular complexity index is 631. The number of nitrogens with zero attached hydrogens (tertiary/aromatic N) is 3. The molecule has 0 unspecified atom stereocenters. The summed E-state index contributed by atoms with van der Waals surface area (Å²) >= 11 is 0. The van der Waals surface area contributed by atoms with Gasteiger partial charge in [0.05, 0.1) is 6.33 Å². The molecule has 0 aliphatic heterocycles. The van der Waals surface area contributed by atoms with Crippen molar-refractivity contribution < 1.29 is 14.7 Å². The molecule has 2 rings (SSSR count). The molecule has 2 aromatic rings. The van der Waals surface area contributed by atoms with Gasteiger partial charge in [0.2, 0.25) is 0 Å². The molecule has 0 aliphatic rings. The summed E-state index contributed by atoms with van der Waals surface area (Å²) in [4.78, 5) is 28.5. The summed E-state index contributed by atoms with van der Waals surface area (Å²) in [6.07, 6.45) is 3.06. The average molecular weight is 273 g/mol. The maximum Gasteiger partial charge on any atom is 0.323 e. The summed E-state index contributed by atoms with van der Waals surface area (Å²) in [5, 5.41) is 8.98. The normalized spacial score (nSPS) is 10.3. The number of aliphatic carboxylic acids is 1. The molecule has 0 saturated heterocycles. The van der Waals surface area contributed by atoms with Gasteiger partial charge in [0.15, 0.2) is 0 Å². The van der Waals surface area contributed by atoms with E-state index < -0.39 is 18.4 Å². The average Bonchev–Trinajstić information content (AvgIpc) is 2.83. The highest BCUT2D eigenvalue weighted by Crippen LogP contribution is 2.17. The van der Waals surface area contributed by atoms with Crippen molar-refractivity contribution in [3.8, 4) is 0 Å². The van der Waals surface area contributed by atoms with Crippen LogP contribution in [0.15, 0.2) is 36.8 Å². The lowest BCUT2D eigenvalue weighted by molar-refractivity contribution is -0.135. The maximum atomic E-state index is 12.4. The van der Waals surface area contributed by atoms with Crippen LogP contribution in [0.5, 0.6) is 0 Å². The van der Waals surface area contributed by atoms with Crippen molar-refractivity contribution in [1.82, 2.24) is 9.55 Å². The van der Waals surface area contributed by atoms with E-state index in [1.807, 2.05) is 19.1 Å². The van der Waals surface area contributed by atoms with Crippen LogP contribution in [0.1, 0.15) is 16.1 Å². The zero-order chi connectivity index (χ0) is 14.7. The second kappa shape index (κ2) is 5.56. The first-order chi connectivity index (χ1) is 9.47. The number of carbonyl (C=O) groups is 2. The minimum absolute atomic E-state index is 0.217. The van der Waals surface area contributed by atoms with Crippen molar-refractivity contribution in [2.75, 3.05) is 11.4 Å². The van der Waals surface area contributed by atoms with E-state index in [1.165, 1.54) is 11.2 Å². The molecule has 6 heteroatoms. The Labute approximate surface area is 116 Å². The molecule has 20 heavy (non-hydrogen) atoms. The number of imidazole rings is 1. The fraction of sp³-hybridized carbons (Fsp3) is 0.214. The Balaban J connectivity index is 2.34.